The van der Waals surface area contributed by atoms with Crippen molar-refractivity contribution >= 4 is 48.9 Å². The van der Waals surface area contributed by atoms with Crippen molar-refractivity contribution in [1.29, 1.82) is 0 Å². The predicted molar refractivity (Wildman–Crippen MR) is 68.9 cm³/mol. The lowest BCUT2D eigenvalue weighted by atomic mass is 10.1. The summed E-state index contributed by atoms with van der Waals surface area (Å²) >= 11 is 5.37. The minimum atomic E-state index is -4.46. The van der Waals surface area contributed by atoms with Crippen LogP contribution in [0.1, 0.15) is 5.56 Å². The molecular formula is C8H8BrIO4S. The Morgan fingerprint density at radius 1 is 1.47 bits per heavy atom. The summed E-state index contributed by atoms with van der Waals surface area (Å²) in [5.74, 6) is 0.156. The van der Waals surface area contributed by atoms with E-state index < -0.39 is 10.4 Å². The van der Waals surface area contributed by atoms with Gasteiger partial charge in [0.25, 0.3) is 0 Å². The van der Waals surface area contributed by atoms with Gasteiger partial charge in [-0.25, -0.2) is 0 Å². The molecule has 0 fully saturated rings. The molecule has 0 unspecified atom stereocenters. The van der Waals surface area contributed by atoms with Crippen LogP contribution in [0, 0.1) is 0 Å². The molecule has 0 saturated carbocycles. The summed E-state index contributed by atoms with van der Waals surface area (Å²) in [6.07, 6.45) is 0.679. The van der Waals surface area contributed by atoms with Crippen molar-refractivity contribution in [3.05, 3.63) is 28.2 Å². The van der Waals surface area contributed by atoms with E-state index in [1.165, 1.54) is 6.07 Å². The van der Waals surface area contributed by atoms with Gasteiger partial charge < -0.3 is 4.18 Å². The Morgan fingerprint density at radius 3 is 2.67 bits per heavy atom. The van der Waals surface area contributed by atoms with Crippen molar-refractivity contribution in [1.82, 2.24) is 0 Å². The predicted octanol–water partition coefficient (Wildman–Crippen LogP) is 2.61. The summed E-state index contributed by atoms with van der Waals surface area (Å²) in [6, 6.07) is 5.05. The molecule has 0 spiro atoms. The highest BCUT2D eigenvalue weighted by molar-refractivity contribution is 14.1. The lowest BCUT2D eigenvalue weighted by Gasteiger charge is -2.07. The van der Waals surface area contributed by atoms with E-state index in [-0.39, 0.29) is 5.75 Å². The third-order valence-electron chi connectivity index (χ3n) is 1.59. The van der Waals surface area contributed by atoms with Crippen molar-refractivity contribution in [3.63, 3.8) is 0 Å². The Hall–Kier alpha value is 0.140. The van der Waals surface area contributed by atoms with Gasteiger partial charge in [0.2, 0.25) is 0 Å². The van der Waals surface area contributed by atoms with Crippen LogP contribution in [0.25, 0.3) is 0 Å². The third-order valence-corrected chi connectivity index (χ3v) is 3.01. The monoisotopic (exact) mass is 406 g/mol. The fourth-order valence-corrected chi connectivity index (χ4v) is 2.33. The van der Waals surface area contributed by atoms with Crippen molar-refractivity contribution in [2.75, 3.05) is 4.43 Å². The van der Waals surface area contributed by atoms with Gasteiger partial charge >= 0.3 is 10.4 Å². The second-order valence-corrected chi connectivity index (χ2v) is 5.72. The van der Waals surface area contributed by atoms with Crippen LogP contribution in [-0.2, 0) is 16.8 Å². The Balaban J connectivity index is 3.07. The summed E-state index contributed by atoms with van der Waals surface area (Å²) in [5, 5.41) is 0. The van der Waals surface area contributed by atoms with Crippen molar-refractivity contribution < 1.29 is 17.2 Å². The normalized spacial score (nSPS) is 11.4. The van der Waals surface area contributed by atoms with Crippen molar-refractivity contribution in [2.24, 2.45) is 0 Å². The molecule has 1 rings (SSSR count). The second kappa shape index (κ2) is 5.46. The number of halogens is 2. The zero-order valence-electron chi connectivity index (χ0n) is 7.48. The second-order valence-electron chi connectivity index (χ2n) is 2.70. The molecule has 0 aromatic heterocycles. The number of benzene rings is 1. The molecule has 1 aromatic rings. The molecule has 0 saturated heterocycles. The number of rotatable bonds is 4. The largest absolute Gasteiger partial charge is 0.446 e. The van der Waals surface area contributed by atoms with Crippen LogP contribution in [0.5, 0.6) is 5.75 Å². The fourth-order valence-electron chi connectivity index (χ4n) is 1.03. The minimum absolute atomic E-state index is 0.156. The minimum Gasteiger partial charge on any atom is -0.361 e. The molecule has 0 radical (unpaired) electrons. The highest BCUT2D eigenvalue weighted by atomic mass is 127. The first kappa shape index (κ1) is 13.2. The van der Waals surface area contributed by atoms with Crippen molar-refractivity contribution in [3.8, 4) is 5.75 Å². The maximum Gasteiger partial charge on any atom is 0.446 e. The molecule has 84 valence electrons. The highest BCUT2D eigenvalue weighted by Crippen LogP contribution is 2.25. The number of aryl methyl sites for hydroxylation is 1. The van der Waals surface area contributed by atoms with Gasteiger partial charge in [0.05, 0.1) is 0 Å². The van der Waals surface area contributed by atoms with Gasteiger partial charge in [-0.1, -0.05) is 44.6 Å². The number of alkyl halides is 1. The van der Waals surface area contributed by atoms with Crippen LogP contribution in [0.3, 0.4) is 0 Å². The van der Waals surface area contributed by atoms with Gasteiger partial charge in [0, 0.05) is 8.90 Å². The summed E-state index contributed by atoms with van der Waals surface area (Å²) < 4.78 is 35.7. The molecule has 0 heterocycles. The maximum absolute atomic E-state index is 10.6. The fraction of sp³-hybridized carbons (Fsp3) is 0.250. The van der Waals surface area contributed by atoms with Crippen LogP contribution in [0.2, 0.25) is 0 Å². The van der Waals surface area contributed by atoms with Crippen molar-refractivity contribution in [2.45, 2.75) is 6.42 Å². The molecule has 0 aliphatic rings. The van der Waals surface area contributed by atoms with Crippen LogP contribution in [-0.4, -0.2) is 17.4 Å². The SMILES string of the molecule is O=S(=O)(O)Oc1cc(Br)ccc1CCI. The Bertz CT molecular complexity index is 446. The van der Waals surface area contributed by atoms with E-state index in [0.717, 1.165) is 9.99 Å². The van der Waals surface area contributed by atoms with Gasteiger partial charge in [0.1, 0.15) is 5.75 Å². The van der Waals surface area contributed by atoms with E-state index in [1.54, 1.807) is 12.1 Å². The molecule has 0 amide bonds. The quantitative estimate of drug-likeness (QED) is 0.474. The van der Waals surface area contributed by atoms with Gasteiger partial charge in [-0.3, -0.25) is 4.55 Å². The molecule has 0 aliphatic heterocycles. The zero-order chi connectivity index (χ0) is 11.5. The average Bonchev–Trinajstić information content (AvgIpc) is 2.07. The summed E-state index contributed by atoms with van der Waals surface area (Å²) in [7, 11) is -4.46. The van der Waals surface area contributed by atoms with E-state index in [1.807, 2.05) is 0 Å². The van der Waals surface area contributed by atoms with E-state index >= 15 is 0 Å². The van der Waals surface area contributed by atoms with Crippen LogP contribution in [0.15, 0.2) is 22.7 Å². The van der Waals surface area contributed by atoms with Crippen LogP contribution in [0.4, 0.5) is 0 Å². The number of hydrogen-bond acceptors (Lipinski definition) is 3. The molecule has 4 nitrogen and oxygen atoms in total. The molecule has 7 heteroatoms. The smallest absolute Gasteiger partial charge is 0.361 e. The third kappa shape index (κ3) is 4.66. The number of hydrogen-bond donors (Lipinski definition) is 1. The Morgan fingerprint density at radius 2 is 2.13 bits per heavy atom. The van der Waals surface area contributed by atoms with Gasteiger partial charge in [-0.2, -0.15) is 8.42 Å². The average molecular weight is 407 g/mol. The summed E-state index contributed by atoms with van der Waals surface area (Å²) in [6.45, 7) is 0. The van der Waals surface area contributed by atoms with Crippen LogP contribution >= 0.6 is 38.5 Å². The zero-order valence-corrected chi connectivity index (χ0v) is 12.0. The molecule has 0 bridgehead atoms. The van der Waals surface area contributed by atoms with Gasteiger partial charge in [0.15, 0.2) is 0 Å². The summed E-state index contributed by atoms with van der Waals surface area (Å²) in [4.78, 5) is 0. The van der Waals surface area contributed by atoms with E-state index in [4.69, 9.17) is 4.55 Å². The molecule has 0 atom stereocenters. The molecule has 1 N–H and O–H groups in total. The Kier molecular flexibility index (Phi) is 4.81. The lowest BCUT2D eigenvalue weighted by Crippen LogP contribution is -2.08. The maximum atomic E-state index is 10.6. The van der Waals surface area contributed by atoms with Gasteiger partial charge in [-0.05, 0) is 24.1 Å². The molecule has 15 heavy (non-hydrogen) atoms. The van der Waals surface area contributed by atoms with E-state index in [0.29, 0.717) is 10.9 Å². The van der Waals surface area contributed by atoms with Crippen LogP contribution < -0.4 is 4.18 Å². The first-order valence-electron chi connectivity index (χ1n) is 3.93. The van der Waals surface area contributed by atoms with E-state index in [2.05, 4.69) is 42.7 Å². The molecule has 0 aliphatic carbocycles. The molecular weight excluding hydrogens is 399 g/mol. The first-order chi connectivity index (χ1) is 6.92. The first-order valence-corrected chi connectivity index (χ1v) is 7.62. The van der Waals surface area contributed by atoms with Gasteiger partial charge in [-0.15, -0.1) is 0 Å². The van der Waals surface area contributed by atoms with E-state index in [9.17, 15) is 8.42 Å². The topological polar surface area (TPSA) is 63.6 Å². The standard InChI is InChI=1S/C8H8BrIO4S/c9-7-2-1-6(3-4-10)8(5-7)14-15(11,12)13/h1-2,5H,3-4H2,(H,11,12,13). The molecule has 1 aromatic carbocycles. The highest BCUT2D eigenvalue weighted by Gasteiger charge is 2.11. The lowest BCUT2D eigenvalue weighted by molar-refractivity contribution is 0.385. The summed E-state index contributed by atoms with van der Waals surface area (Å²) in [5.41, 5.74) is 0.741. The Labute approximate surface area is 110 Å².